The molecule has 0 unspecified atom stereocenters. The summed E-state index contributed by atoms with van der Waals surface area (Å²) in [6.07, 6.45) is 1.54. The van der Waals surface area contributed by atoms with Gasteiger partial charge in [0, 0.05) is 24.7 Å². The monoisotopic (exact) mass is 650 g/mol. The standard InChI is InChI=1S/C33H38N4O8S/c1-21-28(34-31(41)44-22(2)23-6-4-3-5-7-23)29(45-35-21)24-12-18-37(19-13-24)26-10-8-25(9-11-26)33(16-17-33)30(40)36-46(42,43)32(14-15-32)20-27(38)39/h3-11,22,24H,12-20H2,1-2H3,(H,34,41)(H,36,40)(H,38,39)/t22-/m1/s1. The van der Waals surface area contributed by atoms with Crippen molar-refractivity contribution in [2.75, 3.05) is 23.3 Å². The molecule has 3 N–H and O–H groups in total. The topological polar surface area (TPSA) is 168 Å². The SMILES string of the molecule is Cc1noc(C2CCN(c3ccc(C4(C(=O)NS(=O)(=O)C5(CC(=O)O)CC5)CC4)cc3)CC2)c1NC(=O)O[C@H](C)c1ccccc1. The number of nitrogens with one attached hydrogen (secondary N) is 2. The van der Waals surface area contributed by atoms with Crippen LogP contribution in [-0.2, 0) is 29.8 Å². The fourth-order valence-electron chi connectivity index (χ4n) is 6.35. The Morgan fingerprint density at radius 3 is 2.28 bits per heavy atom. The molecule has 3 fully saturated rings. The second-order valence-corrected chi connectivity index (χ2v) is 14.7. The lowest BCUT2D eigenvalue weighted by Crippen LogP contribution is -2.45. The van der Waals surface area contributed by atoms with E-state index in [0.717, 1.165) is 42.7 Å². The molecule has 12 nitrogen and oxygen atoms in total. The van der Waals surface area contributed by atoms with Gasteiger partial charge in [0.25, 0.3) is 0 Å². The van der Waals surface area contributed by atoms with Crippen LogP contribution >= 0.6 is 0 Å². The number of carbonyl (C=O) groups is 3. The molecule has 2 aliphatic carbocycles. The lowest BCUT2D eigenvalue weighted by atomic mass is 9.92. The highest BCUT2D eigenvalue weighted by molar-refractivity contribution is 7.91. The molecule has 2 saturated carbocycles. The summed E-state index contributed by atoms with van der Waals surface area (Å²) >= 11 is 0. The van der Waals surface area contributed by atoms with Gasteiger partial charge in [0.1, 0.15) is 22.2 Å². The molecule has 13 heteroatoms. The normalized spacial score (nSPS) is 19.1. The first-order valence-electron chi connectivity index (χ1n) is 15.6. The van der Waals surface area contributed by atoms with Crippen LogP contribution in [0.2, 0.25) is 0 Å². The van der Waals surface area contributed by atoms with Gasteiger partial charge >= 0.3 is 12.1 Å². The molecule has 1 saturated heterocycles. The number of hydrogen-bond acceptors (Lipinski definition) is 9. The number of aromatic nitrogens is 1. The second kappa shape index (κ2) is 12.1. The van der Waals surface area contributed by atoms with Crippen molar-refractivity contribution in [2.45, 2.75) is 81.0 Å². The first-order valence-corrected chi connectivity index (χ1v) is 17.0. The van der Waals surface area contributed by atoms with Crippen molar-refractivity contribution in [3.8, 4) is 0 Å². The zero-order valence-electron chi connectivity index (χ0n) is 25.8. The van der Waals surface area contributed by atoms with E-state index < -0.39 is 50.7 Å². The van der Waals surface area contributed by atoms with Crippen LogP contribution < -0.4 is 14.9 Å². The molecule has 3 aromatic rings. The van der Waals surface area contributed by atoms with Crippen molar-refractivity contribution in [2.24, 2.45) is 0 Å². The molecule has 0 spiro atoms. The summed E-state index contributed by atoms with van der Waals surface area (Å²) in [5.74, 6) is -1.11. The molecule has 6 rings (SSSR count). The molecule has 2 amide bonds. The van der Waals surface area contributed by atoms with E-state index >= 15 is 0 Å². The molecule has 244 valence electrons. The lowest BCUT2D eigenvalue weighted by Gasteiger charge is -2.33. The number of amides is 2. The summed E-state index contributed by atoms with van der Waals surface area (Å²) in [5, 5.41) is 16.1. The Balaban J connectivity index is 1.05. The van der Waals surface area contributed by atoms with Crippen LogP contribution in [0.3, 0.4) is 0 Å². The van der Waals surface area contributed by atoms with Gasteiger partial charge in [-0.1, -0.05) is 47.6 Å². The molecular weight excluding hydrogens is 612 g/mol. The van der Waals surface area contributed by atoms with E-state index in [9.17, 15) is 22.8 Å². The van der Waals surface area contributed by atoms with E-state index in [2.05, 4.69) is 20.1 Å². The average molecular weight is 651 g/mol. The average Bonchev–Trinajstić information content (AvgIpc) is 3.97. The third kappa shape index (κ3) is 6.20. The van der Waals surface area contributed by atoms with E-state index in [1.165, 1.54) is 0 Å². The van der Waals surface area contributed by atoms with Crippen LogP contribution in [0.4, 0.5) is 16.2 Å². The summed E-state index contributed by atoms with van der Waals surface area (Å²) in [5.41, 5.74) is 2.81. The van der Waals surface area contributed by atoms with Gasteiger partial charge in [-0.15, -0.1) is 0 Å². The Kier molecular flexibility index (Phi) is 8.30. The van der Waals surface area contributed by atoms with Gasteiger partial charge in [-0.3, -0.25) is 19.6 Å². The predicted molar refractivity (Wildman–Crippen MR) is 169 cm³/mol. The number of aryl methyl sites for hydroxylation is 1. The van der Waals surface area contributed by atoms with Crippen molar-refractivity contribution in [3.05, 3.63) is 77.2 Å². The fourth-order valence-corrected chi connectivity index (χ4v) is 7.96. The van der Waals surface area contributed by atoms with E-state index in [0.29, 0.717) is 30.0 Å². The molecule has 1 atom stereocenters. The number of rotatable bonds is 11. The van der Waals surface area contributed by atoms with E-state index in [4.69, 9.17) is 14.4 Å². The smallest absolute Gasteiger partial charge is 0.412 e. The van der Waals surface area contributed by atoms with Crippen molar-refractivity contribution in [3.63, 3.8) is 0 Å². The lowest BCUT2D eigenvalue weighted by molar-refractivity contribution is -0.137. The molecule has 0 bridgehead atoms. The largest absolute Gasteiger partial charge is 0.481 e. The van der Waals surface area contributed by atoms with Crippen LogP contribution in [0.1, 0.15) is 86.5 Å². The zero-order chi connectivity index (χ0) is 32.7. The number of piperidine rings is 1. The number of benzene rings is 2. The molecular formula is C33H38N4O8S. The first kappa shape index (κ1) is 31.6. The van der Waals surface area contributed by atoms with Gasteiger partial charge in [0.05, 0.1) is 11.8 Å². The molecule has 2 aromatic carbocycles. The van der Waals surface area contributed by atoms with Crippen molar-refractivity contribution in [1.82, 2.24) is 9.88 Å². The minimum atomic E-state index is -4.10. The van der Waals surface area contributed by atoms with Crippen LogP contribution in [-0.4, -0.2) is 54.5 Å². The second-order valence-electron chi connectivity index (χ2n) is 12.7. The van der Waals surface area contributed by atoms with Crippen LogP contribution in [0.15, 0.2) is 59.1 Å². The molecule has 0 radical (unpaired) electrons. The fraction of sp³-hybridized carbons (Fsp3) is 0.455. The number of sulfonamides is 1. The molecule has 3 aliphatic rings. The van der Waals surface area contributed by atoms with Crippen molar-refractivity contribution in [1.29, 1.82) is 0 Å². The Bertz CT molecular complexity index is 1720. The number of aliphatic carboxylic acids is 1. The number of carboxylic acid groups (broad SMARTS) is 1. The molecule has 46 heavy (non-hydrogen) atoms. The third-order valence-electron chi connectivity index (χ3n) is 9.58. The van der Waals surface area contributed by atoms with Gasteiger partial charge in [0.2, 0.25) is 15.9 Å². The Hall–Kier alpha value is -4.39. The number of carbonyl (C=O) groups excluding carboxylic acids is 2. The highest BCUT2D eigenvalue weighted by Gasteiger charge is 2.59. The Morgan fingerprint density at radius 2 is 1.70 bits per heavy atom. The quantitative estimate of drug-likeness (QED) is 0.252. The van der Waals surface area contributed by atoms with E-state index in [1.807, 2.05) is 61.5 Å². The maximum Gasteiger partial charge on any atom is 0.412 e. The number of nitrogens with zero attached hydrogens (tertiary/aromatic N) is 2. The number of anilines is 2. The molecule has 1 aromatic heterocycles. The summed E-state index contributed by atoms with van der Waals surface area (Å²) in [4.78, 5) is 39.3. The number of carboxylic acids is 1. The summed E-state index contributed by atoms with van der Waals surface area (Å²) < 4.78 is 37.9. The summed E-state index contributed by atoms with van der Waals surface area (Å²) in [7, 11) is -4.10. The van der Waals surface area contributed by atoms with E-state index in [-0.39, 0.29) is 18.8 Å². The van der Waals surface area contributed by atoms with Gasteiger partial charge < -0.3 is 19.3 Å². The highest BCUT2D eigenvalue weighted by Crippen LogP contribution is 2.51. The van der Waals surface area contributed by atoms with Crippen LogP contribution in [0.5, 0.6) is 0 Å². The van der Waals surface area contributed by atoms with Gasteiger partial charge in [-0.2, -0.15) is 0 Å². The first-order chi connectivity index (χ1) is 21.9. The number of hydrogen-bond donors (Lipinski definition) is 3. The zero-order valence-corrected chi connectivity index (χ0v) is 26.6. The Labute approximate surface area is 267 Å². The Morgan fingerprint density at radius 1 is 1.04 bits per heavy atom. The summed E-state index contributed by atoms with van der Waals surface area (Å²) in [6.45, 7) is 5.06. The maximum atomic E-state index is 13.2. The number of ether oxygens (including phenoxy) is 1. The van der Waals surface area contributed by atoms with E-state index in [1.54, 1.807) is 6.92 Å². The van der Waals surface area contributed by atoms with Crippen LogP contribution in [0.25, 0.3) is 0 Å². The highest BCUT2D eigenvalue weighted by atomic mass is 32.2. The molecule has 2 heterocycles. The van der Waals surface area contributed by atoms with Crippen molar-refractivity contribution >= 4 is 39.4 Å². The van der Waals surface area contributed by atoms with Gasteiger partial charge in [-0.25, -0.2) is 13.2 Å². The third-order valence-corrected chi connectivity index (χ3v) is 11.7. The van der Waals surface area contributed by atoms with Gasteiger partial charge in [-0.05, 0) is 75.6 Å². The minimum Gasteiger partial charge on any atom is -0.481 e. The van der Waals surface area contributed by atoms with Crippen LogP contribution in [0, 0.1) is 6.92 Å². The molecule has 1 aliphatic heterocycles. The van der Waals surface area contributed by atoms with Gasteiger partial charge in [0.15, 0.2) is 5.76 Å². The van der Waals surface area contributed by atoms with Crippen molar-refractivity contribution < 1.29 is 37.2 Å². The maximum absolute atomic E-state index is 13.2. The summed E-state index contributed by atoms with van der Waals surface area (Å²) in [6, 6.07) is 17.1. The minimum absolute atomic E-state index is 0.0508. The predicted octanol–water partition coefficient (Wildman–Crippen LogP) is 5.16.